The van der Waals surface area contributed by atoms with Crippen molar-refractivity contribution in [2.45, 2.75) is 52.0 Å². The number of carbonyl (C=O) groups is 1. The van der Waals surface area contributed by atoms with Gasteiger partial charge in [-0.15, -0.1) is 11.3 Å². The molecule has 2 aliphatic rings. The normalized spacial score (nSPS) is 22.0. The Morgan fingerprint density at radius 3 is 2.95 bits per heavy atom. The summed E-state index contributed by atoms with van der Waals surface area (Å²) in [5.74, 6) is 0.920. The minimum absolute atomic E-state index is 0.273. The first-order valence-electron chi connectivity index (χ1n) is 8.55. The molecular formula is C17H27N3OS. The van der Waals surface area contributed by atoms with Crippen LogP contribution in [0.5, 0.6) is 0 Å². The lowest BCUT2D eigenvalue weighted by Gasteiger charge is -2.32. The Balaban J connectivity index is 1.52. The van der Waals surface area contributed by atoms with Gasteiger partial charge in [-0.05, 0) is 51.5 Å². The van der Waals surface area contributed by atoms with E-state index in [4.69, 9.17) is 4.98 Å². The van der Waals surface area contributed by atoms with Crippen LogP contribution in [0.1, 0.15) is 48.2 Å². The fourth-order valence-corrected chi connectivity index (χ4v) is 4.74. The number of amides is 1. The summed E-state index contributed by atoms with van der Waals surface area (Å²) in [7, 11) is 2.03. The first-order chi connectivity index (χ1) is 10.6. The van der Waals surface area contributed by atoms with Crippen LogP contribution in [0, 0.1) is 5.92 Å². The SMILES string of the molecule is CC1CCCN(C(=O)CN(C)Cc2nc3c(s2)CCCC3)C1. The van der Waals surface area contributed by atoms with Crippen LogP contribution < -0.4 is 0 Å². The number of piperidine rings is 1. The van der Waals surface area contributed by atoms with E-state index in [-0.39, 0.29) is 5.91 Å². The standard InChI is InChI=1S/C17H27N3OS/c1-13-6-5-9-20(10-13)17(21)12-19(2)11-16-18-14-7-3-4-8-15(14)22-16/h13H,3-12H2,1-2H3. The smallest absolute Gasteiger partial charge is 0.236 e. The highest BCUT2D eigenvalue weighted by Gasteiger charge is 2.22. The number of rotatable bonds is 4. The van der Waals surface area contributed by atoms with Gasteiger partial charge in [0.2, 0.25) is 5.91 Å². The Kier molecular flexibility index (Phi) is 5.14. The summed E-state index contributed by atoms with van der Waals surface area (Å²) in [6.45, 7) is 5.41. The summed E-state index contributed by atoms with van der Waals surface area (Å²) in [5, 5.41) is 1.18. The monoisotopic (exact) mass is 321 g/mol. The van der Waals surface area contributed by atoms with Crippen LogP contribution in [0.4, 0.5) is 0 Å². The van der Waals surface area contributed by atoms with Gasteiger partial charge in [0.25, 0.3) is 0 Å². The first kappa shape index (κ1) is 15.9. The van der Waals surface area contributed by atoms with Crippen LogP contribution in [-0.4, -0.2) is 47.4 Å². The number of fused-ring (bicyclic) bond motifs is 1. The molecular weight excluding hydrogens is 294 g/mol. The molecule has 5 heteroatoms. The van der Waals surface area contributed by atoms with Gasteiger partial charge in [-0.1, -0.05) is 6.92 Å². The van der Waals surface area contributed by atoms with Gasteiger partial charge in [0.1, 0.15) is 5.01 Å². The quantitative estimate of drug-likeness (QED) is 0.855. The lowest BCUT2D eigenvalue weighted by Crippen LogP contribution is -2.43. The molecule has 0 saturated carbocycles. The molecule has 1 fully saturated rings. The van der Waals surface area contributed by atoms with E-state index in [1.807, 2.05) is 23.3 Å². The lowest BCUT2D eigenvalue weighted by atomic mass is 10.0. The number of aryl methyl sites for hydroxylation is 2. The van der Waals surface area contributed by atoms with Crippen molar-refractivity contribution in [2.24, 2.45) is 5.92 Å². The van der Waals surface area contributed by atoms with Crippen LogP contribution in [0.25, 0.3) is 0 Å². The van der Waals surface area contributed by atoms with Crippen molar-refractivity contribution < 1.29 is 4.79 Å². The topological polar surface area (TPSA) is 36.4 Å². The molecule has 0 N–H and O–H groups in total. The molecule has 1 aromatic heterocycles. The van der Waals surface area contributed by atoms with E-state index in [1.165, 1.54) is 41.3 Å². The van der Waals surface area contributed by atoms with E-state index >= 15 is 0 Å². The van der Waals surface area contributed by atoms with E-state index in [2.05, 4.69) is 11.8 Å². The second kappa shape index (κ2) is 7.09. The highest BCUT2D eigenvalue weighted by Crippen LogP contribution is 2.27. The Bertz CT molecular complexity index is 504. The number of likely N-dealkylation sites (N-methyl/N-ethyl adjacent to an activating group) is 1. The molecule has 122 valence electrons. The van der Waals surface area contributed by atoms with Gasteiger partial charge in [0.05, 0.1) is 18.8 Å². The molecule has 1 amide bonds. The van der Waals surface area contributed by atoms with E-state index in [0.717, 1.165) is 32.5 Å². The fourth-order valence-electron chi connectivity index (χ4n) is 3.51. The van der Waals surface area contributed by atoms with Crippen LogP contribution in [-0.2, 0) is 24.2 Å². The largest absolute Gasteiger partial charge is 0.341 e. The molecule has 4 nitrogen and oxygen atoms in total. The predicted octanol–water partition coefficient (Wildman–Crippen LogP) is 2.71. The number of carbonyl (C=O) groups excluding carboxylic acids is 1. The molecule has 1 atom stereocenters. The van der Waals surface area contributed by atoms with Gasteiger partial charge < -0.3 is 4.90 Å². The lowest BCUT2D eigenvalue weighted by molar-refractivity contribution is -0.133. The third kappa shape index (κ3) is 3.87. The minimum atomic E-state index is 0.273. The summed E-state index contributed by atoms with van der Waals surface area (Å²) < 4.78 is 0. The zero-order valence-electron chi connectivity index (χ0n) is 13.8. The van der Waals surface area contributed by atoms with E-state index < -0.39 is 0 Å². The molecule has 2 heterocycles. The minimum Gasteiger partial charge on any atom is -0.341 e. The second-order valence-corrected chi connectivity index (χ2v) is 8.11. The van der Waals surface area contributed by atoms with Crippen LogP contribution in [0.2, 0.25) is 0 Å². The van der Waals surface area contributed by atoms with Gasteiger partial charge in [0, 0.05) is 18.0 Å². The van der Waals surface area contributed by atoms with Gasteiger partial charge in [-0.25, -0.2) is 4.98 Å². The average molecular weight is 321 g/mol. The Labute approximate surface area is 137 Å². The van der Waals surface area contributed by atoms with Crippen LogP contribution >= 0.6 is 11.3 Å². The Morgan fingerprint density at radius 2 is 2.18 bits per heavy atom. The highest BCUT2D eigenvalue weighted by molar-refractivity contribution is 7.11. The third-order valence-corrected chi connectivity index (χ3v) is 5.85. The van der Waals surface area contributed by atoms with Crippen molar-refractivity contribution in [3.63, 3.8) is 0 Å². The molecule has 1 unspecified atom stereocenters. The Hall–Kier alpha value is -0.940. The van der Waals surface area contributed by atoms with Crippen molar-refractivity contribution in [1.82, 2.24) is 14.8 Å². The molecule has 1 aliphatic carbocycles. The number of nitrogens with zero attached hydrogens (tertiary/aromatic N) is 3. The molecule has 1 aliphatic heterocycles. The molecule has 0 aromatic carbocycles. The van der Waals surface area contributed by atoms with Crippen molar-refractivity contribution in [3.05, 3.63) is 15.6 Å². The number of likely N-dealkylation sites (tertiary alicyclic amines) is 1. The molecule has 0 bridgehead atoms. The maximum absolute atomic E-state index is 12.4. The maximum Gasteiger partial charge on any atom is 0.236 e. The predicted molar refractivity (Wildman–Crippen MR) is 90.1 cm³/mol. The zero-order valence-corrected chi connectivity index (χ0v) is 14.6. The fraction of sp³-hybridized carbons (Fsp3) is 0.765. The molecule has 0 radical (unpaired) electrons. The number of aromatic nitrogens is 1. The molecule has 1 aromatic rings. The van der Waals surface area contributed by atoms with Crippen molar-refractivity contribution in [3.8, 4) is 0 Å². The van der Waals surface area contributed by atoms with Gasteiger partial charge in [0.15, 0.2) is 0 Å². The third-order valence-electron chi connectivity index (χ3n) is 4.71. The average Bonchev–Trinajstić information content (AvgIpc) is 2.89. The Morgan fingerprint density at radius 1 is 1.36 bits per heavy atom. The van der Waals surface area contributed by atoms with Crippen LogP contribution in [0.3, 0.4) is 0 Å². The molecule has 1 saturated heterocycles. The zero-order chi connectivity index (χ0) is 15.5. The summed E-state index contributed by atoms with van der Waals surface area (Å²) in [6, 6.07) is 0. The molecule has 22 heavy (non-hydrogen) atoms. The summed E-state index contributed by atoms with van der Waals surface area (Å²) in [5.41, 5.74) is 1.32. The number of thiazole rings is 1. The van der Waals surface area contributed by atoms with E-state index in [0.29, 0.717) is 12.5 Å². The first-order valence-corrected chi connectivity index (χ1v) is 9.37. The summed E-state index contributed by atoms with van der Waals surface area (Å²) >= 11 is 1.85. The van der Waals surface area contributed by atoms with Gasteiger partial charge >= 0.3 is 0 Å². The van der Waals surface area contributed by atoms with Crippen molar-refractivity contribution >= 4 is 17.2 Å². The van der Waals surface area contributed by atoms with Gasteiger partial charge in [-0.2, -0.15) is 0 Å². The van der Waals surface area contributed by atoms with E-state index in [9.17, 15) is 4.79 Å². The van der Waals surface area contributed by atoms with Crippen LogP contribution in [0.15, 0.2) is 0 Å². The van der Waals surface area contributed by atoms with E-state index in [1.54, 1.807) is 0 Å². The van der Waals surface area contributed by atoms with Crippen molar-refractivity contribution in [1.29, 1.82) is 0 Å². The molecule has 3 rings (SSSR count). The van der Waals surface area contributed by atoms with Gasteiger partial charge in [-0.3, -0.25) is 9.69 Å². The summed E-state index contributed by atoms with van der Waals surface area (Å²) in [4.78, 5) is 22.8. The van der Waals surface area contributed by atoms with Crippen molar-refractivity contribution in [2.75, 3.05) is 26.7 Å². The molecule has 0 spiro atoms. The summed E-state index contributed by atoms with van der Waals surface area (Å²) in [6.07, 6.45) is 7.31. The number of hydrogen-bond donors (Lipinski definition) is 0. The number of hydrogen-bond acceptors (Lipinski definition) is 4. The second-order valence-electron chi connectivity index (χ2n) is 6.94. The highest BCUT2D eigenvalue weighted by atomic mass is 32.1. The maximum atomic E-state index is 12.4.